The van der Waals surface area contributed by atoms with E-state index in [4.69, 9.17) is 0 Å². The molecule has 1 aliphatic rings. The van der Waals surface area contributed by atoms with Crippen molar-refractivity contribution in [2.75, 3.05) is 6.54 Å². The van der Waals surface area contributed by atoms with Gasteiger partial charge in [-0.3, -0.25) is 14.5 Å². The van der Waals surface area contributed by atoms with Crippen LogP contribution in [0.4, 0.5) is 0 Å². The molecule has 5 heteroatoms. The lowest BCUT2D eigenvalue weighted by Gasteiger charge is -2.14. The summed E-state index contributed by atoms with van der Waals surface area (Å²) in [6.07, 6.45) is 2.56. The van der Waals surface area contributed by atoms with Crippen LogP contribution in [0.5, 0.6) is 0 Å². The molecule has 0 radical (unpaired) electrons. The zero-order chi connectivity index (χ0) is 15.0. The molecule has 0 saturated carbocycles. The smallest absolute Gasteiger partial charge is 0.261 e. The predicted molar refractivity (Wildman–Crippen MR) is 78.1 cm³/mol. The number of carbonyl (C=O) groups excluding carboxylic acids is 2. The zero-order valence-electron chi connectivity index (χ0n) is 12.2. The highest BCUT2D eigenvalue weighted by molar-refractivity contribution is 6.21. The largest absolute Gasteiger partial charge is 0.333 e. The number of benzene rings is 1. The number of hydrogen-bond acceptors (Lipinski definition) is 3. The molecule has 0 unspecified atom stereocenters. The van der Waals surface area contributed by atoms with Gasteiger partial charge in [0.15, 0.2) is 0 Å². The minimum Gasteiger partial charge on any atom is -0.333 e. The molecule has 1 aromatic carbocycles. The van der Waals surface area contributed by atoms with Crippen molar-refractivity contribution in [3.8, 4) is 0 Å². The lowest BCUT2D eigenvalue weighted by atomic mass is 10.1. The Balaban J connectivity index is 1.68. The Bertz CT molecular complexity index is 664. The van der Waals surface area contributed by atoms with E-state index in [2.05, 4.69) is 9.55 Å². The molecular formula is C16H17N3O2. The normalized spacial score (nSPS) is 13.9. The number of fused-ring (bicyclic) bond motifs is 1. The summed E-state index contributed by atoms with van der Waals surface area (Å²) in [5.74, 6) is 0.583. The Morgan fingerprint density at radius 2 is 1.62 bits per heavy atom. The molecular weight excluding hydrogens is 266 g/mol. The van der Waals surface area contributed by atoms with Crippen molar-refractivity contribution >= 4 is 11.8 Å². The summed E-state index contributed by atoms with van der Waals surface area (Å²) in [7, 11) is 0. The highest BCUT2D eigenvalue weighted by atomic mass is 16.2. The first kappa shape index (κ1) is 13.5. The zero-order valence-corrected chi connectivity index (χ0v) is 12.2. The van der Waals surface area contributed by atoms with Crippen molar-refractivity contribution in [2.45, 2.75) is 26.8 Å². The molecule has 0 spiro atoms. The number of hydrogen-bond donors (Lipinski definition) is 0. The fourth-order valence-electron chi connectivity index (χ4n) is 2.75. The first-order valence-corrected chi connectivity index (χ1v) is 7.03. The first-order valence-electron chi connectivity index (χ1n) is 7.03. The second kappa shape index (κ2) is 5.16. The van der Waals surface area contributed by atoms with Crippen LogP contribution >= 0.6 is 0 Å². The monoisotopic (exact) mass is 283 g/mol. The number of rotatable bonds is 4. The topological polar surface area (TPSA) is 55.2 Å². The lowest BCUT2D eigenvalue weighted by molar-refractivity contribution is 0.0650. The minimum absolute atomic E-state index is 0.185. The summed E-state index contributed by atoms with van der Waals surface area (Å²) in [5, 5.41) is 0. The summed E-state index contributed by atoms with van der Waals surface area (Å²) < 4.78 is 2.10. The average molecular weight is 283 g/mol. The minimum atomic E-state index is -0.185. The van der Waals surface area contributed by atoms with Crippen molar-refractivity contribution in [1.29, 1.82) is 0 Å². The second-order valence-corrected chi connectivity index (χ2v) is 5.26. The second-order valence-electron chi connectivity index (χ2n) is 5.26. The number of imide groups is 1. The summed E-state index contributed by atoms with van der Waals surface area (Å²) in [5.41, 5.74) is 2.12. The summed E-state index contributed by atoms with van der Waals surface area (Å²) in [6, 6.07) is 6.98. The number of aromatic nitrogens is 2. The van der Waals surface area contributed by atoms with Gasteiger partial charge in [0.25, 0.3) is 11.8 Å². The number of nitrogens with zero attached hydrogens (tertiary/aromatic N) is 3. The van der Waals surface area contributed by atoms with E-state index in [1.807, 2.05) is 20.0 Å². The third-order valence-corrected chi connectivity index (χ3v) is 3.90. The van der Waals surface area contributed by atoms with Crippen molar-refractivity contribution in [1.82, 2.24) is 14.5 Å². The van der Waals surface area contributed by atoms with Gasteiger partial charge < -0.3 is 4.57 Å². The molecule has 5 nitrogen and oxygen atoms in total. The molecule has 0 aliphatic carbocycles. The third-order valence-electron chi connectivity index (χ3n) is 3.90. The van der Waals surface area contributed by atoms with Crippen LogP contribution < -0.4 is 0 Å². The van der Waals surface area contributed by atoms with E-state index in [1.165, 1.54) is 4.90 Å². The summed E-state index contributed by atoms with van der Waals surface area (Å²) in [4.78, 5) is 30.0. The third kappa shape index (κ3) is 2.24. The van der Waals surface area contributed by atoms with E-state index in [0.717, 1.165) is 24.5 Å². The molecule has 21 heavy (non-hydrogen) atoms. The number of carbonyl (C=O) groups is 2. The highest BCUT2D eigenvalue weighted by Gasteiger charge is 2.34. The Morgan fingerprint density at radius 1 is 1.00 bits per heavy atom. The number of imidazole rings is 1. The van der Waals surface area contributed by atoms with Gasteiger partial charge in [-0.05, 0) is 32.4 Å². The number of aryl methyl sites for hydroxylation is 2. The molecule has 108 valence electrons. The molecule has 0 fully saturated rings. The van der Waals surface area contributed by atoms with Gasteiger partial charge in [-0.25, -0.2) is 4.98 Å². The fourth-order valence-corrected chi connectivity index (χ4v) is 2.75. The van der Waals surface area contributed by atoms with Gasteiger partial charge in [-0.1, -0.05) is 12.1 Å². The molecule has 0 atom stereocenters. The Morgan fingerprint density at radius 3 is 2.14 bits per heavy atom. The van der Waals surface area contributed by atoms with E-state index in [-0.39, 0.29) is 11.8 Å². The molecule has 1 aliphatic heterocycles. The molecule has 2 heterocycles. The van der Waals surface area contributed by atoms with Gasteiger partial charge in [0, 0.05) is 25.0 Å². The van der Waals surface area contributed by atoms with E-state index in [1.54, 1.807) is 24.3 Å². The van der Waals surface area contributed by atoms with Crippen LogP contribution in [0, 0.1) is 13.8 Å². The molecule has 3 rings (SSSR count). The maximum absolute atomic E-state index is 12.2. The lowest BCUT2D eigenvalue weighted by Crippen LogP contribution is -2.31. The molecule has 2 amide bonds. The van der Waals surface area contributed by atoms with Crippen LogP contribution in [0.25, 0.3) is 0 Å². The first-order chi connectivity index (χ1) is 10.1. The molecule has 0 bridgehead atoms. The molecule has 0 saturated heterocycles. The quantitative estimate of drug-likeness (QED) is 0.808. The van der Waals surface area contributed by atoms with Gasteiger partial charge >= 0.3 is 0 Å². The van der Waals surface area contributed by atoms with Gasteiger partial charge in [0.05, 0.1) is 11.1 Å². The number of amides is 2. The average Bonchev–Trinajstić information content (AvgIpc) is 2.93. The van der Waals surface area contributed by atoms with Crippen LogP contribution in [0.15, 0.2) is 30.5 Å². The maximum Gasteiger partial charge on any atom is 0.261 e. The molecule has 1 aromatic heterocycles. The van der Waals surface area contributed by atoms with Gasteiger partial charge in [0.2, 0.25) is 0 Å². The van der Waals surface area contributed by atoms with Crippen LogP contribution in [0.3, 0.4) is 0 Å². The van der Waals surface area contributed by atoms with Crippen molar-refractivity contribution in [2.24, 2.45) is 0 Å². The van der Waals surface area contributed by atoms with E-state index in [0.29, 0.717) is 17.7 Å². The predicted octanol–water partition coefficient (Wildman–Crippen LogP) is 2.19. The fraction of sp³-hybridized carbons (Fsp3) is 0.312. The van der Waals surface area contributed by atoms with Gasteiger partial charge in [-0.2, -0.15) is 0 Å². The van der Waals surface area contributed by atoms with Gasteiger partial charge in [-0.15, -0.1) is 0 Å². The van der Waals surface area contributed by atoms with Crippen LogP contribution in [0.2, 0.25) is 0 Å². The Kier molecular flexibility index (Phi) is 3.33. The SMILES string of the molecule is Cc1cnc(C)n1CCCN1C(=O)c2ccccc2C1=O. The van der Waals surface area contributed by atoms with Crippen LogP contribution in [-0.4, -0.2) is 32.8 Å². The van der Waals surface area contributed by atoms with Crippen molar-refractivity contribution in [3.63, 3.8) is 0 Å². The van der Waals surface area contributed by atoms with Crippen LogP contribution in [0.1, 0.15) is 38.7 Å². The van der Waals surface area contributed by atoms with Crippen molar-refractivity contribution in [3.05, 3.63) is 53.1 Å². The van der Waals surface area contributed by atoms with Gasteiger partial charge in [0.1, 0.15) is 5.82 Å². The van der Waals surface area contributed by atoms with E-state index in [9.17, 15) is 9.59 Å². The van der Waals surface area contributed by atoms with Crippen LogP contribution in [-0.2, 0) is 6.54 Å². The maximum atomic E-state index is 12.2. The van der Waals surface area contributed by atoms with Crippen molar-refractivity contribution < 1.29 is 9.59 Å². The Labute approximate surface area is 123 Å². The molecule has 2 aromatic rings. The highest BCUT2D eigenvalue weighted by Crippen LogP contribution is 2.22. The Hall–Kier alpha value is -2.43. The molecule has 0 N–H and O–H groups in total. The summed E-state index contributed by atoms with van der Waals surface area (Å²) in [6.45, 7) is 5.14. The van der Waals surface area contributed by atoms with E-state index < -0.39 is 0 Å². The standard InChI is InChI=1S/C16H17N3O2/c1-11-10-17-12(2)18(11)8-5-9-19-15(20)13-6-3-4-7-14(13)16(19)21/h3-4,6-7,10H,5,8-9H2,1-2H3. The summed E-state index contributed by atoms with van der Waals surface area (Å²) >= 11 is 0. The van der Waals surface area contributed by atoms with E-state index >= 15 is 0 Å².